The maximum Gasteiger partial charge on any atom is 0.246 e. The molecule has 1 aromatic heterocycles. The quantitative estimate of drug-likeness (QED) is 0.711. The highest BCUT2D eigenvalue weighted by atomic mass is 32.1. The molecular formula is C14H20N2O4S. The smallest absolute Gasteiger partial charge is 0.246 e. The van der Waals surface area contributed by atoms with E-state index in [9.17, 15) is 14.7 Å². The number of carbonyl (C=O) groups is 2. The van der Waals surface area contributed by atoms with Gasteiger partial charge in [0.1, 0.15) is 0 Å². The number of likely N-dealkylation sites (tertiary alicyclic amines) is 1. The molecule has 2 unspecified atom stereocenters. The second kappa shape index (κ2) is 7.65. The number of carbonyl (C=O) groups excluding carboxylic acids is 2. The maximum atomic E-state index is 11.8. The van der Waals surface area contributed by atoms with Crippen LogP contribution in [-0.4, -0.2) is 54.2 Å². The molecule has 6 nitrogen and oxygen atoms in total. The number of nitrogens with zero attached hydrogens (tertiary/aromatic N) is 1. The molecule has 2 N–H and O–H groups in total. The number of imide groups is 1. The summed E-state index contributed by atoms with van der Waals surface area (Å²) in [7, 11) is 1.49. The minimum absolute atomic E-state index is 0.155. The van der Waals surface area contributed by atoms with Crippen LogP contribution in [0.2, 0.25) is 0 Å². The molecule has 0 aromatic carbocycles. The monoisotopic (exact) mass is 312 g/mol. The van der Waals surface area contributed by atoms with Gasteiger partial charge >= 0.3 is 0 Å². The number of rotatable bonds is 7. The molecule has 116 valence electrons. The highest BCUT2D eigenvalue weighted by Gasteiger charge is 2.31. The first-order valence-electron chi connectivity index (χ1n) is 6.90. The minimum Gasteiger partial charge on any atom is -0.389 e. The summed E-state index contributed by atoms with van der Waals surface area (Å²) >= 11 is 1.61. The molecule has 2 rings (SSSR count). The van der Waals surface area contributed by atoms with Crippen LogP contribution in [0.25, 0.3) is 0 Å². The van der Waals surface area contributed by atoms with Gasteiger partial charge in [-0.2, -0.15) is 0 Å². The van der Waals surface area contributed by atoms with Crippen LogP contribution in [-0.2, 0) is 20.9 Å². The second-order valence-corrected chi connectivity index (χ2v) is 6.07. The average Bonchev–Trinajstić information content (AvgIpc) is 2.97. The lowest BCUT2D eigenvalue weighted by Gasteiger charge is -2.28. The third-order valence-corrected chi connectivity index (χ3v) is 4.23. The Balaban J connectivity index is 1.65. The van der Waals surface area contributed by atoms with Crippen molar-refractivity contribution in [2.75, 3.05) is 20.2 Å². The van der Waals surface area contributed by atoms with Crippen molar-refractivity contribution >= 4 is 23.2 Å². The molecule has 1 aliphatic rings. The van der Waals surface area contributed by atoms with Gasteiger partial charge in [-0.25, -0.2) is 0 Å². The highest BCUT2D eigenvalue weighted by molar-refractivity contribution is 7.09. The predicted molar refractivity (Wildman–Crippen MR) is 78.8 cm³/mol. The van der Waals surface area contributed by atoms with Crippen LogP contribution in [0.3, 0.4) is 0 Å². The number of ether oxygens (including phenoxy) is 1. The molecule has 0 bridgehead atoms. The number of nitrogens with one attached hydrogen (secondary N) is 1. The summed E-state index contributed by atoms with van der Waals surface area (Å²) in [6, 6.07) is 3.52. The van der Waals surface area contributed by atoms with E-state index in [1.165, 1.54) is 7.05 Å². The molecule has 2 amide bonds. The predicted octanol–water partition coefficient (Wildman–Crippen LogP) is 0.363. The van der Waals surface area contributed by atoms with Gasteiger partial charge in [0, 0.05) is 24.9 Å². The molecule has 2 heterocycles. The standard InChI is InChI=1S/C14H20N2O4S/c1-16-13(18)5-4-12(14(16)19)15-7-10(17)8-20-9-11-3-2-6-21-11/h2-3,6,10,12,15,17H,4-5,7-9H2,1H3. The SMILES string of the molecule is CN1C(=O)CCC(NCC(O)COCc2cccs2)C1=O. The van der Waals surface area contributed by atoms with Crippen molar-refractivity contribution < 1.29 is 19.4 Å². The number of thiophene rings is 1. The number of hydrogen-bond acceptors (Lipinski definition) is 6. The number of aliphatic hydroxyl groups excluding tert-OH is 1. The van der Waals surface area contributed by atoms with Gasteiger partial charge in [-0.05, 0) is 17.9 Å². The molecule has 0 spiro atoms. The van der Waals surface area contributed by atoms with Gasteiger partial charge in [0.15, 0.2) is 0 Å². The van der Waals surface area contributed by atoms with E-state index in [1.54, 1.807) is 11.3 Å². The Kier molecular flexibility index (Phi) is 5.86. The highest BCUT2D eigenvalue weighted by Crippen LogP contribution is 2.12. The first-order valence-corrected chi connectivity index (χ1v) is 7.78. The van der Waals surface area contributed by atoms with Crippen molar-refractivity contribution in [1.29, 1.82) is 0 Å². The van der Waals surface area contributed by atoms with Crippen molar-refractivity contribution in [2.24, 2.45) is 0 Å². The molecule has 1 aromatic rings. The Morgan fingerprint density at radius 3 is 3.10 bits per heavy atom. The van der Waals surface area contributed by atoms with Crippen LogP contribution < -0.4 is 5.32 Å². The van der Waals surface area contributed by atoms with Gasteiger partial charge in [0.05, 0.1) is 25.4 Å². The van der Waals surface area contributed by atoms with Crippen LogP contribution in [0.15, 0.2) is 17.5 Å². The Bertz CT molecular complexity index is 477. The number of likely N-dealkylation sites (N-methyl/N-ethyl adjacent to an activating group) is 1. The van der Waals surface area contributed by atoms with Crippen molar-refractivity contribution in [3.63, 3.8) is 0 Å². The molecule has 1 fully saturated rings. The number of aliphatic hydroxyl groups is 1. The Morgan fingerprint density at radius 2 is 2.38 bits per heavy atom. The van der Waals surface area contributed by atoms with Gasteiger partial charge in [0.2, 0.25) is 11.8 Å². The van der Waals surface area contributed by atoms with E-state index >= 15 is 0 Å². The fourth-order valence-corrected chi connectivity index (χ4v) is 2.77. The summed E-state index contributed by atoms with van der Waals surface area (Å²) in [5, 5.41) is 14.8. The van der Waals surface area contributed by atoms with Crippen LogP contribution in [0.5, 0.6) is 0 Å². The van der Waals surface area contributed by atoms with E-state index in [4.69, 9.17) is 4.74 Å². The Labute approximate surface area is 127 Å². The molecule has 0 saturated carbocycles. The Hall–Kier alpha value is -1.28. The van der Waals surface area contributed by atoms with E-state index in [1.807, 2.05) is 17.5 Å². The van der Waals surface area contributed by atoms with Gasteiger partial charge < -0.3 is 15.2 Å². The normalized spacial score (nSPS) is 20.9. The minimum atomic E-state index is -0.680. The summed E-state index contributed by atoms with van der Waals surface area (Å²) < 4.78 is 5.42. The number of hydrogen-bond donors (Lipinski definition) is 2. The van der Waals surface area contributed by atoms with E-state index < -0.39 is 12.1 Å². The van der Waals surface area contributed by atoms with Gasteiger partial charge in [-0.1, -0.05) is 6.07 Å². The topological polar surface area (TPSA) is 78.9 Å². The van der Waals surface area contributed by atoms with E-state index in [2.05, 4.69) is 5.32 Å². The molecule has 1 saturated heterocycles. The lowest BCUT2D eigenvalue weighted by atomic mass is 10.0. The Morgan fingerprint density at radius 1 is 1.57 bits per heavy atom. The zero-order valence-corrected chi connectivity index (χ0v) is 12.8. The van der Waals surface area contributed by atoms with Crippen molar-refractivity contribution in [3.05, 3.63) is 22.4 Å². The fraction of sp³-hybridized carbons (Fsp3) is 0.571. The van der Waals surface area contributed by atoms with Gasteiger partial charge in [-0.3, -0.25) is 14.5 Å². The van der Waals surface area contributed by atoms with Crippen LogP contribution >= 0.6 is 11.3 Å². The average molecular weight is 312 g/mol. The zero-order chi connectivity index (χ0) is 15.2. The molecule has 1 aliphatic heterocycles. The van der Waals surface area contributed by atoms with E-state index in [0.717, 1.165) is 9.78 Å². The molecule has 7 heteroatoms. The summed E-state index contributed by atoms with van der Waals surface area (Å²) in [5.41, 5.74) is 0. The molecule has 2 atom stereocenters. The molecule has 0 aliphatic carbocycles. The fourth-order valence-electron chi connectivity index (χ4n) is 2.13. The van der Waals surface area contributed by atoms with Crippen LogP contribution in [0.4, 0.5) is 0 Å². The van der Waals surface area contributed by atoms with Crippen LogP contribution in [0, 0.1) is 0 Å². The second-order valence-electron chi connectivity index (χ2n) is 5.04. The lowest BCUT2D eigenvalue weighted by Crippen LogP contribution is -2.53. The van der Waals surface area contributed by atoms with E-state index in [-0.39, 0.29) is 25.0 Å². The summed E-state index contributed by atoms with van der Waals surface area (Å²) in [5.74, 6) is -0.393. The molecule has 21 heavy (non-hydrogen) atoms. The first kappa shape index (κ1) is 16.1. The third-order valence-electron chi connectivity index (χ3n) is 3.38. The lowest BCUT2D eigenvalue weighted by molar-refractivity contribution is -0.148. The number of amides is 2. The summed E-state index contributed by atoms with van der Waals surface area (Å²) in [4.78, 5) is 25.4. The van der Waals surface area contributed by atoms with Crippen molar-refractivity contribution in [1.82, 2.24) is 10.2 Å². The van der Waals surface area contributed by atoms with Crippen LogP contribution in [0.1, 0.15) is 17.7 Å². The van der Waals surface area contributed by atoms with Gasteiger partial charge in [-0.15, -0.1) is 11.3 Å². The van der Waals surface area contributed by atoms with E-state index in [0.29, 0.717) is 19.4 Å². The molecular weight excluding hydrogens is 292 g/mol. The summed E-state index contributed by atoms with van der Waals surface area (Å²) in [6.07, 6.45) is 0.149. The first-order chi connectivity index (χ1) is 10.1. The molecule has 0 radical (unpaired) electrons. The third kappa shape index (κ3) is 4.60. The van der Waals surface area contributed by atoms with Gasteiger partial charge in [0.25, 0.3) is 0 Å². The zero-order valence-electron chi connectivity index (χ0n) is 11.9. The van der Waals surface area contributed by atoms with Crippen molar-refractivity contribution in [2.45, 2.75) is 31.6 Å². The van der Waals surface area contributed by atoms with Crippen molar-refractivity contribution in [3.8, 4) is 0 Å². The summed E-state index contributed by atoms with van der Waals surface area (Å²) in [6.45, 7) is 0.956. The largest absolute Gasteiger partial charge is 0.389 e. The maximum absolute atomic E-state index is 11.8. The number of piperidine rings is 1.